The first-order valence-electron chi connectivity index (χ1n) is 9.46. The Labute approximate surface area is 200 Å². The molecule has 0 bridgehead atoms. The molecule has 0 radical (unpaired) electrons. The van der Waals surface area contributed by atoms with Gasteiger partial charge in [-0.25, -0.2) is 0 Å². The minimum atomic E-state index is -0.550. The van der Waals surface area contributed by atoms with E-state index in [1.54, 1.807) is 48.5 Å². The maximum absolute atomic E-state index is 13.1. The molecule has 2 N–H and O–H groups in total. The third-order valence-corrected chi connectivity index (χ3v) is 5.17. The summed E-state index contributed by atoms with van der Waals surface area (Å²) in [6, 6.07) is 16.7. The minimum absolute atomic E-state index is 0.0249. The Morgan fingerprint density at radius 2 is 1.66 bits per heavy atom. The first-order valence-corrected chi connectivity index (χ1v) is 10.6. The molecule has 3 aromatic carbocycles. The molecule has 0 aliphatic rings. The van der Waals surface area contributed by atoms with E-state index in [4.69, 9.17) is 39.5 Å². The molecule has 0 saturated carbocycles. The molecule has 164 valence electrons. The second kappa shape index (κ2) is 10.6. The average Bonchev–Trinajstić information content (AvgIpc) is 2.74. The normalized spacial score (nSPS) is 11.1. The maximum Gasteiger partial charge on any atom is 0.272 e. The van der Waals surface area contributed by atoms with Gasteiger partial charge in [0, 0.05) is 26.9 Å². The highest BCUT2D eigenvalue weighted by Crippen LogP contribution is 2.33. The van der Waals surface area contributed by atoms with E-state index in [9.17, 15) is 9.59 Å². The first-order chi connectivity index (χ1) is 15.3. The van der Waals surface area contributed by atoms with E-state index in [-0.39, 0.29) is 10.7 Å². The quantitative estimate of drug-likeness (QED) is 0.395. The van der Waals surface area contributed by atoms with Crippen LogP contribution in [0.25, 0.3) is 6.08 Å². The lowest BCUT2D eigenvalue weighted by Crippen LogP contribution is -2.30. The molecule has 3 rings (SSSR count). The lowest BCUT2D eigenvalue weighted by atomic mass is 10.1. The van der Waals surface area contributed by atoms with Crippen LogP contribution in [0.5, 0.6) is 5.75 Å². The fourth-order valence-electron chi connectivity index (χ4n) is 2.93. The molecule has 3 aromatic rings. The van der Waals surface area contributed by atoms with E-state index >= 15 is 0 Å². The molecule has 0 aromatic heterocycles. The van der Waals surface area contributed by atoms with Crippen LogP contribution in [0.4, 0.5) is 5.69 Å². The van der Waals surface area contributed by atoms with E-state index in [1.165, 1.54) is 19.3 Å². The van der Waals surface area contributed by atoms with Gasteiger partial charge in [-0.1, -0.05) is 52.5 Å². The number of halogens is 3. The number of anilines is 1. The molecule has 0 spiro atoms. The van der Waals surface area contributed by atoms with Gasteiger partial charge in [0.05, 0.1) is 12.1 Å². The number of amides is 2. The molecule has 0 saturated heterocycles. The number of hydrogen-bond donors (Lipinski definition) is 2. The molecule has 0 aliphatic heterocycles. The van der Waals surface area contributed by atoms with E-state index in [1.807, 2.05) is 13.0 Å². The summed E-state index contributed by atoms with van der Waals surface area (Å²) in [5.41, 5.74) is 2.23. The van der Waals surface area contributed by atoms with Gasteiger partial charge in [0.2, 0.25) is 0 Å². The summed E-state index contributed by atoms with van der Waals surface area (Å²) in [5, 5.41) is 6.57. The average molecular weight is 490 g/mol. The Kier molecular flexibility index (Phi) is 7.80. The Hall–Kier alpha value is -2.99. The van der Waals surface area contributed by atoms with Crippen LogP contribution in [-0.2, 0) is 4.79 Å². The van der Waals surface area contributed by atoms with Crippen LogP contribution in [0.15, 0.2) is 66.4 Å². The number of methoxy groups -OCH3 is 1. The number of carbonyl (C=O) groups is 2. The van der Waals surface area contributed by atoms with Crippen molar-refractivity contribution in [1.82, 2.24) is 5.32 Å². The number of aryl methyl sites for hydroxylation is 1. The van der Waals surface area contributed by atoms with Crippen molar-refractivity contribution in [2.75, 3.05) is 12.4 Å². The fourth-order valence-corrected chi connectivity index (χ4v) is 3.64. The van der Waals surface area contributed by atoms with Crippen LogP contribution < -0.4 is 15.4 Å². The van der Waals surface area contributed by atoms with Crippen molar-refractivity contribution in [3.63, 3.8) is 0 Å². The summed E-state index contributed by atoms with van der Waals surface area (Å²) in [6.45, 7) is 1.87. The third kappa shape index (κ3) is 6.04. The van der Waals surface area contributed by atoms with Gasteiger partial charge >= 0.3 is 0 Å². The molecule has 0 atom stereocenters. The smallest absolute Gasteiger partial charge is 0.272 e. The molecule has 0 heterocycles. The third-order valence-electron chi connectivity index (χ3n) is 4.42. The van der Waals surface area contributed by atoms with E-state index in [2.05, 4.69) is 10.6 Å². The van der Waals surface area contributed by atoms with Crippen LogP contribution >= 0.6 is 34.8 Å². The summed E-state index contributed by atoms with van der Waals surface area (Å²) in [5.74, 6) is -0.678. The molecular weight excluding hydrogens is 471 g/mol. The Morgan fingerprint density at radius 3 is 2.31 bits per heavy atom. The van der Waals surface area contributed by atoms with Crippen LogP contribution in [0.2, 0.25) is 15.1 Å². The number of benzene rings is 3. The van der Waals surface area contributed by atoms with E-state index in [0.29, 0.717) is 32.6 Å². The standard InChI is InChI=1S/C24H19Cl3N2O3/c1-14-4-3-5-15(10-14)23(30)29-21(24(31)28-19-8-6-17(25)7-9-19)12-16-11-18(26)13-20(27)22(16)32-2/h3-13H,1-2H3,(H,28,31)(H,29,30)/b21-12-. The Bertz CT molecular complexity index is 1190. The van der Waals surface area contributed by atoms with Gasteiger partial charge < -0.3 is 15.4 Å². The van der Waals surface area contributed by atoms with Crippen molar-refractivity contribution in [3.8, 4) is 5.75 Å². The maximum atomic E-state index is 13.1. The zero-order valence-electron chi connectivity index (χ0n) is 17.2. The molecule has 0 aliphatic carbocycles. The predicted molar refractivity (Wildman–Crippen MR) is 130 cm³/mol. The minimum Gasteiger partial charge on any atom is -0.495 e. The molecule has 32 heavy (non-hydrogen) atoms. The summed E-state index contributed by atoms with van der Waals surface area (Å²) >= 11 is 18.3. The van der Waals surface area contributed by atoms with Crippen LogP contribution in [0, 0.1) is 6.92 Å². The van der Waals surface area contributed by atoms with E-state index in [0.717, 1.165) is 5.56 Å². The van der Waals surface area contributed by atoms with Crippen molar-refractivity contribution in [1.29, 1.82) is 0 Å². The molecule has 2 amide bonds. The number of rotatable bonds is 6. The van der Waals surface area contributed by atoms with Gasteiger partial charge in [0.25, 0.3) is 11.8 Å². The number of ether oxygens (including phenoxy) is 1. The topological polar surface area (TPSA) is 67.4 Å². The monoisotopic (exact) mass is 488 g/mol. The molecular formula is C24H19Cl3N2O3. The second-order valence-corrected chi connectivity index (χ2v) is 8.13. The first kappa shape index (κ1) is 23.7. The number of carbonyl (C=O) groups excluding carboxylic acids is 2. The highest BCUT2D eigenvalue weighted by atomic mass is 35.5. The van der Waals surface area contributed by atoms with Gasteiger partial charge in [0.15, 0.2) is 0 Å². The van der Waals surface area contributed by atoms with Crippen LogP contribution in [0.3, 0.4) is 0 Å². The van der Waals surface area contributed by atoms with Gasteiger partial charge in [0.1, 0.15) is 11.4 Å². The molecule has 8 heteroatoms. The lowest BCUT2D eigenvalue weighted by Gasteiger charge is -2.13. The Balaban J connectivity index is 2.00. The molecule has 0 fully saturated rings. The van der Waals surface area contributed by atoms with Crippen molar-refractivity contribution < 1.29 is 14.3 Å². The summed E-state index contributed by atoms with van der Waals surface area (Å²) in [4.78, 5) is 25.9. The number of nitrogens with one attached hydrogen (secondary N) is 2. The second-order valence-electron chi connectivity index (χ2n) is 6.85. The zero-order valence-corrected chi connectivity index (χ0v) is 19.5. The van der Waals surface area contributed by atoms with Crippen LogP contribution in [-0.4, -0.2) is 18.9 Å². The molecule has 5 nitrogen and oxygen atoms in total. The van der Waals surface area contributed by atoms with Crippen molar-refractivity contribution in [3.05, 3.63) is 98.1 Å². The fraction of sp³-hybridized carbons (Fsp3) is 0.0833. The highest BCUT2D eigenvalue weighted by Gasteiger charge is 2.17. The van der Waals surface area contributed by atoms with Crippen molar-refractivity contribution in [2.45, 2.75) is 6.92 Å². The van der Waals surface area contributed by atoms with Gasteiger partial charge in [-0.05, 0) is 61.5 Å². The van der Waals surface area contributed by atoms with Gasteiger partial charge in [-0.15, -0.1) is 0 Å². The lowest BCUT2D eigenvalue weighted by molar-refractivity contribution is -0.113. The highest BCUT2D eigenvalue weighted by molar-refractivity contribution is 6.36. The van der Waals surface area contributed by atoms with Gasteiger partial charge in [-0.3, -0.25) is 9.59 Å². The SMILES string of the molecule is COc1c(Cl)cc(Cl)cc1/C=C(\NC(=O)c1cccc(C)c1)C(=O)Nc1ccc(Cl)cc1. The zero-order chi connectivity index (χ0) is 23.3. The van der Waals surface area contributed by atoms with Crippen molar-refractivity contribution >= 4 is 58.4 Å². The largest absolute Gasteiger partial charge is 0.495 e. The van der Waals surface area contributed by atoms with Gasteiger partial charge in [-0.2, -0.15) is 0 Å². The van der Waals surface area contributed by atoms with Crippen molar-refractivity contribution in [2.24, 2.45) is 0 Å². The van der Waals surface area contributed by atoms with E-state index < -0.39 is 11.8 Å². The molecule has 0 unspecified atom stereocenters. The summed E-state index contributed by atoms with van der Waals surface area (Å²) < 4.78 is 5.35. The Morgan fingerprint density at radius 1 is 0.938 bits per heavy atom. The van der Waals surface area contributed by atoms with Crippen LogP contribution in [0.1, 0.15) is 21.5 Å². The summed E-state index contributed by atoms with van der Waals surface area (Å²) in [7, 11) is 1.45. The summed E-state index contributed by atoms with van der Waals surface area (Å²) in [6.07, 6.45) is 1.45. The predicted octanol–water partition coefficient (Wildman–Crippen LogP) is 6.37. The number of hydrogen-bond acceptors (Lipinski definition) is 3.